The lowest BCUT2D eigenvalue weighted by Crippen LogP contribution is -3.00. The number of halogens is 1. The Labute approximate surface area is 72.3 Å². The fraction of sp³-hybridized carbons (Fsp3) is 0. The van der Waals surface area contributed by atoms with Gasteiger partial charge in [0.05, 0.1) is 4.92 Å². The lowest BCUT2D eigenvalue weighted by molar-refractivity contribution is -0.384. The first-order chi connectivity index (χ1) is 5.74. The van der Waals surface area contributed by atoms with Crippen LogP contribution in [0.15, 0.2) is 24.3 Å². The van der Waals surface area contributed by atoms with Crippen LogP contribution < -0.4 is 10.1 Å². The smallest absolute Gasteiger partial charge is 0.308 e. The molecule has 0 aliphatic heterocycles. The molecule has 0 aromatic heterocycles. The molecule has 1 aromatic carbocycles. The van der Waals surface area contributed by atoms with E-state index in [1.54, 1.807) is 6.07 Å². The highest BCUT2D eigenvalue weighted by molar-refractivity contribution is 5.51. The minimum atomic E-state index is -0.525. The molecule has 13 heavy (non-hydrogen) atoms. The van der Waals surface area contributed by atoms with Gasteiger partial charge in [0.15, 0.2) is 0 Å². The van der Waals surface area contributed by atoms with Crippen molar-refractivity contribution in [3.05, 3.63) is 39.5 Å². The summed E-state index contributed by atoms with van der Waals surface area (Å²) in [5.74, 6) is 0. The van der Waals surface area contributed by atoms with Gasteiger partial charge in [0.2, 0.25) is 0 Å². The number of hydrogen-bond donors (Lipinski definition) is 1. The number of non-ortho nitro benzene ring substituents is 1. The van der Waals surface area contributed by atoms with E-state index >= 15 is 0 Å². The number of nitrogens with zero attached hydrogens (tertiary/aromatic N) is 3. The van der Waals surface area contributed by atoms with Crippen molar-refractivity contribution in [2.24, 2.45) is 0 Å². The first-order valence-electron chi connectivity index (χ1n) is 3.08. The Bertz CT molecular complexity index is 349. The minimum absolute atomic E-state index is 0. The molecule has 0 amide bonds. The van der Waals surface area contributed by atoms with Crippen LogP contribution in [0.4, 0.5) is 11.4 Å². The number of hydrogen-bond acceptors (Lipinski definition) is 4. The molecule has 0 saturated carbocycles. The van der Waals surface area contributed by atoms with Gasteiger partial charge in [-0.05, 0) is 11.5 Å². The number of benzene rings is 1. The highest BCUT2D eigenvalue weighted by Crippen LogP contribution is 2.16. The van der Waals surface area contributed by atoms with E-state index in [1.165, 1.54) is 18.2 Å². The molecule has 1 rings (SSSR count). The van der Waals surface area contributed by atoms with Gasteiger partial charge in [0.25, 0.3) is 11.1 Å². The van der Waals surface area contributed by atoms with Crippen molar-refractivity contribution in [3.63, 3.8) is 0 Å². The van der Waals surface area contributed by atoms with Crippen LogP contribution in [0.2, 0.25) is 0 Å². The molecule has 0 aliphatic carbocycles. The van der Waals surface area contributed by atoms with Crippen molar-refractivity contribution < 1.29 is 9.63 Å². The van der Waals surface area contributed by atoms with Crippen LogP contribution in [-0.4, -0.2) is 4.92 Å². The van der Waals surface area contributed by atoms with Crippen molar-refractivity contribution in [1.82, 2.24) is 0 Å². The molecule has 0 saturated heterocycles. The number of nitrogens with one attached hydrogen (secondary N) is 1. The second kappa shape index (κ2) is 4.61. The summed E-state index contributed by atoms with van der Waals surface area (Å²) in [6, 6.07) is 5.65. The summed E-state index contributed by atoms with van der Waals surface area (Å²) < 4.78 is 0. The van der Waals surface area contributed by atoms with E-state index in [0.29, 0.717) is 5.69 Å². The third-order valence-electron chi connectivity index (χ3n) is 1.24. The molecule has 0 heterocycles. The minimum Gasteiger partial charge on any atom is -1.00 e. The molecular weight excluding hydrogens is 179 g/mol. The van der Waals surface area contributed by atoms with Gasteiger partial charge in [-0.15, -0.1) is 0 Å². The van der Waals surface area contributed by atoms with E-state index in [4.69, 9.17) is 5.39 Å². The predicted molar refractivity (Wildman–Crippen MR) is 41.8 cm³/mol. The maximum Gasteiger partial charge on any atom is 0.308 e. The van der Waals surface area contributed by atoms with Crippen LogP contribution in [0, 0.1) is 15.5 Å². The van der Waals surface area contributed by atoms with Gasteiger partial charge in [-0.2, -0.15) is 0 Å². The van der Waals surface area contributed by atoms with Gasteiger partial charge in [-0.25, -0.2) is 0 Å². The maximum atomic E-state index is 10.2. The summed E-state index contributed by atoms with van der Waals surface area (Å²) in [6.07, 6.45) is 0. The molecule has 0 fully saturated rings. The lowest BCUT2D eigenvalue weighted by atomic mass is 10.3. The summed E-state index contributed by atoms with van der Waals surface area (Å²) in [4.78, 5) is 9.72. The predicted octanol–water partition coefficient (Wildman–Crippen LogP) is -1.22. The zero-order valence-electron chi connectivity index (χ0n) is 6.35. The molecule has 0 radical (unpaired) electrons. The van der Waals surface area contributed by atoms with E-state index in [-0.39, 0.29) is 10.4 Å². The summed E-state index contributed by atoms with van der Waals surface area (Å²) in [6.45, 7) is 0. The van der Waals surface area contributed by atoms with E-state index < -0.39 is 4.92 Å². The van der Waals surface area contributed by atoms with Gasteiger partial charge in [0.1, 0.15) is 5.69 Å². The van der Waals surface area contributed by atoms with Crippen LogP contribution in [0.1, 0.15) is 0 Å². The number of rotatable bonds is 2. The molecule has 0 unspecified atom stereocenters. The first-order valence-corrected chi connectivity index (χ1v) is 3.08. The number of anilines is 1. The molecule has 6 nitrogen and oxygen atoms in total. The first kappa shape index (κ1) is 10.8. The van der Waals surface area contributed by atoms with E-state index in [9.17, 15) is 10.1 Å². The van der Waals surface area contributed by atoms with Gasteiger partial charge in [-0.1, -0.05) is 6.07 Å². The van der Waals surface area contributed by atoms with Crippen LogP contribution in [0.5, 0.6) is 0 Å². The standard InChI is InChI=1S/C6H5N4O2.FH/c7-9-8-5-2-1-3-6(4-5)10(11)12;/h1-4,8H;1H/q+1;/p-1. The van der Waals surface area contributed by atoms with Crippen molar-refractivity contribution in [3.8, 4) is 0 Å². The van der Waals surface area contributed by atoms with Crippen LogP contribution in [-0.2, 0) is 0 Å². The van der Waals surface area contributed by atoms with Crippen molar-refractivity contribution >= 4 is 11.4 Å². The Morgan fingerprint density at radius 2 is 2.23 bits per heavy atom. The van der Waals surface area contributed by atoms with E-state index in [0.717, 1.165) is 0 Å². The molecule has 0 bridgehead atoms. The second-order valence-electron chi connectivity index (χ2n) is 2.02. The summed E-state index contributed by atoms with van der Waals surface area (Å²) in [5, 5.41) is 21.0. The highest BCUT2D eigenvalue weighted by atomic mass is 19.0. The summed E-state index contributed by atoms with van der Waals surface area (Å²) >= 11 is 0. The lowest BCUT2D eigenvalue weighted by Gasteiger charge is -1.90. The molecular formula is C6H5FN4O2. The Hall–Kier alpha value is -2.23. The third kappa shape index (κ3) is 2.70. The molecule has 1 aromatic rings. The molecule has 0 spiro atoms. The average Bonchev–Trinajstić information content (AvgIpc) is 2.05. The Morgan fingerprint density at radius 1 is 1.54 bits per heavy atom. The van der Waals surface area contributed by atoms with Crippen molar-refractivity contribution in [2.75, 3.05) is 5.43 Å². The van der Waals surface area contributed by atoms with Gasteiger partial charge < -0.3 is 4.70 Å². The Morgan fingerprint density at radius 3 is 2.77 bits per heavy atom. The van der Waals surface area contributed by atoms with Gasteiger partial charge in [-0.3, -0.25) is 10.1 Å². The van der Waals surface area contributed by atoms with Gasteiger partial charge >= 0.3 is 5.08 Å². The summed E-state index contributed by atoms with van der Waals surface area (Å²) in [7, 11) is 0. The summed E-state index contributed by atoms with van der Waals surface area (Å²) in [5.41, 5.74) is 2.49. The van der Waals surface area contributed by atoms with Crippen molar-refractivity contribution in [2.45, 2.75) is 0 Å². The maximum absolute atomic E-state index is 10.2. The quantitative estimate of drug-likeness (QED) is 0.354. The largest absolute Gasteiger partial charge is 1.00 e. The molecule has 0 aliphatic rings. The molecule has 68 valence electrons. The fourth-order valence-electron chi connectivity index (χ4n) is 0.747. The third-order valence-corrected chi connectivity index (χ3v) is 1.24. The van der Waals surface area contributed by atoms with Gasteiger partial charge in [0, 0.05) is 12.1 Å². The van der Waals surface area contributed by atoms with E-state index in [1.807, 2.05) is 0 Å². The van der Waals surface area contributed by atoms with Crippen molar-refractivity contribution in [1.29, 1.82) is 5.39 Å². The fourth-order valence-corrected chi connectivity index (χ4v) is 0.747. The number of diazo groups is 1. The molecule has 7 heteroatoms. The van der Waals surface area contributed by atoms with Crippen LogP contribution >= 0.6 is 0 Å². The Kier molecular flexibility index (Phi) is 3.82. The second-order valence-corrected chi connectivity index (χ2v) is 2.02. The highest BCUT2D eigenvalue weighted by Gasteiger charge is 2.06. The zero-order chi connectivity index (χ0) is 8.97. The number of nitro groups is 1. The zero-order valence-corrected chi connectivity index (χ0v) is 6.35. The molecule has 0 atom stereocenters. The van der Waals surface area contributed by atoms with E-state index in [2.05, 4.69) is 10.5 Å². The normalized spacial score (nSPS) is 7.92. The Balaban J connectivity index is 0.00000144. The number of nitro benzene ring substituents is 1. The molecule has 1 N–H and O–H groups in total. The van der Waals surface area contributed by atoms with Crippen LogP contribution in [0.25, 0.3) is 5.08 Å². The van der Waals surface area contributed by atoms with Crippen LogP contribution in [0.3, 0.4) is 0 Å². The topological polar surface area (TPSA) is 83.3 Å². The monoisotopic (exact) mass is 184 g/mol. The average molecular weight is 184 g/mol. The SMILES string of the molecule is N#[N+]Nc1cccc([N+](=O)[O-])c1.[F-].